The molecule has 0 radical (unpaired) electrons. The number of rotatable bonds is 7. The topological polar surface area (TPSA) is 96.2 Å². The molecule has 1 aromatic carbocycles. The van der Waals surface area contributed by atoms with Crippen molar-refractivity contribution >= 4 is 29.0 Å². The summed E-state index contributed by atoms with van der Waals surface area (Å²) in [7, 11) is 0. The van der Waals surface area contributed by atoms with Gasteiger partial charge in [0.1, 0.15) is 5.76 Å². The van der Waals surface area contributed by atoms with Crippen LogP contribution in [0.3, 0.4) is 0 Å². The lowest BCUT2D eigenvalue weighted by atomic mass is 10.1. The van der Waals surface area contributed by atoms with Crippen LogP contribution in [0.2, 0.25) is 0 Å². The summed E-state index contributed by atoms with van der Waals surface area (Å²) in [5.41, 5.74) is 3.53. The smallest absolute Gasteiger partial charge is 0.260 e. The molecule has 0 aliphatic carbocycles. The molecule has 0 fully saturated rings. The van der Waals surface area contributed by atoms with E-state index in [1.54, 1.807) is 13.0 Å². The molecule has 0 spiro atoms. The SMILES string of the molecule is CCN(CC)c1ccc(Nc2ncc(C(=O)Nc3cc(C)on3)cn2)c(C)c1. The van der Waals surface area contributed by atoms with Crippen LogP contribution in [0.25, 0.3) is 0 Å². The Kier molecular flexibility index (Phi) is 5.88. The van der Waals surface area contributed by atoms with Gasteiger partial charge in [-0.1, -0.05) is 5.16 Å². The molecule has 146 valence electrons. The Morgan fingerprint density at radius 2 is 1.82 bits per heavy atom. The summed E-state index contributed by atoms with van der Waals surface area (Å²) in [5.74, 6) is 1.05. The van der Waals surface area contributed by atoms with E-state index in [9.17, 15) is 4.79 Å². The molecule has 0 bridgehead atoms. The summed E-state index contributed by atoms with van der Waals surface area (Å²) in [6.07, 6.45) is 2.94. The van der Waals surface area contributed by atoms with Crippen LogP contribution in [-0.4, -0.2) is 34.1 Å². The number of nitrogens with zero attached hydrogens (tertiary/aromatic N) is 4. The van der Waals surface area contributed by atoms with Crippen molar-refractivity contribution in [2.75, 3.05) is 28.6 Å². The minimum absolute atomic E-state index is 0.333. The fourth-order valence-electron chi connectivity index (χ4n) is 2.82. The van der Waals surface area contributed by atoms with E-state index in [-0.39, 0.29) is 5.91 Å². The summed E-state index contributed by atoms with van der Waals surface area (Å²) in [4.78, 5) is 23.0. The van der Waals surface area contributed by atoms with Crippen molar-refractivity contribution in [1.82, 2.24) is 15.1 Å². The van der Waals surface area contributed by atoms with Crippen molar-refractivity contribution in [3.8, 4) is 0 Å². The molecule has 0 atom stereocenters. The van der Waals surface area contributed by atoms with Gasteiger partial charge in [0.15, 0.2) is 5.82 Å². The van der Waals surface area contributed by atoms with E-state index in [1.807, 2.05) is 13.0 Å². The summed E-state index contributed by atoms with van der Waals surface area (Å²) in [6, 6.07) is 7.86. The first kappa shape index (κ1) is 19.3. The molecule has 2 aromatic heterocycles. The third kappa shape index (κ3) is 4.46. The summed E-state index contributed by atoms with van der Waals surface area (Å²) in [5, 5.41) is 9.56. The molecule has 2 heterocycles. The van der Waals surface area contributed by atoms with Crippen molar-refractivity contribution in [2.45, 2.75) is 27.7 Å². The molecule has 2 N–H and O–H groups in total. The predicted octanol–water partition coefficient (Wildman–Crippen LogP) is 3.92. The summed E-state index contributed by atoms with van der Waals surface area (Å²) >= 11 is 0. The molecular formula is C20H24N6O2. The summed E-state index contributed by atoms with van der Waals surface area (Å²) in [6.45, 7) is 9.99. The van der Waals surface area contributed by atoms with E-state index in [2.05, 4.69) is 56.6 Å². The Labute approximate surface area is 164 Å². The second-order valence-corrected chi connectivity index (χ2v) is 6.37. The molecule has 3 rings (SSSR count). The first-order valence-corrected chi connectivity index (χ1v) is 9.19. The van der Waals surface area contributed by atoms with Gasteiger partial charge in [0.05, 0.1) is 5.56 Å². The average molecular weight is 380 g/mol. The molecule has 0 saturated carbocycles. The van der Waals surface area contributed by atoms with Crippen LogP contribution >= 0.6 is 0 Å². The zero-order valence-corrected chi connectivity index (χ0v) is 16.5. The highest BCUT2D eigenvalue weighted by Crippen LogP contribution is 2.24. The van der Waals surface area contributed by atoms with Gasteiger partial charge >= 0.3 is 0 Å². The Bertz CT molecular complexity index is 948. The largest absolute Gasteiger partial charge is 0.372 e. The Morgan fingerprint density at radius 1 is 1.11 bits per heavy atom. The molecule has 8 heteroatoms. The number of nitrogens with one attached hydrogen (secondary N) is 2. The number of aryl methyl sites for hydroxylation is 2. The van der Waals surface area contributed by atoms with Crippen molar-refractivity contribution in [3.63, 3.8) is 0 Å². The molecule has 3 aromatic rings. The number of benzene rings is 1. The van der Waals surface area contributed by atoms with Crippen LogP contribution in [-0.2, 0) is 0 Å². The third-order valence-electron chi connectivity index (χ3n) is 4.37. The molecule has 1 amide bonds. The first-order chi connectivity index (χ1) is 13.5. The second-order valence-electron chi connectivity index (χ2n) is 6.37. The number of carbonyl (C=O) groups is 1. The van der Waals surface area contributed by atoms with Gasteiger partial charge in [-0.15, -0.1) is 0 Å². The van der Waals surface area contributed by atoms with Crippen LogP contribution in [0, 0.1) is 13.8 Å². The quantitative estimate of drug-likeness (QED) is 0.641. The highest BCUT2D eigenvalue weighted by molar-refractivity contribution is 6.03. The molecule has 0 aliphatic rings. The van der Waals surface area contributed by atoms with Crippen molar-refractivity contribution in [3.05, 3.63) is 53.5 Å². The van der Waals surface area contributed by atoms with E-state index in [4.69, 9.17) is 4.52 Å². The zero-order valence-electron chi connectivity index (χ0n) is 16.5. The molecule has 8 nitrogen and oxygen atoms in total. The monoisotopic (exact) mass is 380 g/mol. The predicted molar refractivity (Wildman–Crippen MR) is 109 cm³/mol. The Balaban J connectivity index is 1.68. The van der Waals surface area contributed by atoms with E-state index >= 15 is 0 Å². The summed E-state index contributed by atoms with van der Waals surface area (Å²) < 4.78 is 4.93. The van der Waals surface area contributed by atoms with Gasteiger partial charge in [0.25, 0.3) is 5.91 Å². The average Bonchev–Trinajstić information content (AvgIpc) is 3.10. The maximum absolute atomic E-state index is 12.2. The number of hydrogen-bond acceptors (Lipinski definition) is 7. The molecule has 0 unspecified atom stereocenters. The van der Waals surface area contributed by atoms with Gasteiger partial charge in [-0.05, 0) is 51.5 Å². The lowest BCUT2D eigenvalue weighted by Gasteiger charge is -2.22. The number of anilines is 4. The second kappa shape index (κ2) is 8.51. The van der Waals surface area contributed by atoms with E-state index < -0.39 is 0 Å². The van der Waals surface area contributed by atoms with E-state index in [0.717, 1.165) is 24.3 Å². The van der Waals surface area contributed by atoms with Gasteiger partial charge < -0.3 is 20.1 Å². The van der Waals surface area contributed by atoms with Crippen molar-refractivity contribution in [1.29, 1.82) is 0 Å². The minimum atomic E-state index is -0.348. The molecule has 0 aliphatic heterocycles. The Hall–Kier alpha value is -3.42. The zero-order chi connectivity index (χ0) is 20.1. The van der Waals surface area contributed by atoms with E-state index in [0.29, 0.717) is 23.1 Å². The lowest BCUT2D eigenvalue weighted by Crippen LogP contribution is -2.21. The van der Waals surface area contributed by atoms with Gasteiger partial charge in [0.2, 0.25) is 5.95 Å². The highest BCUT2D eigenvalue weighted by atomic mass is 16.5. The van der Waals surface area contributed by atoms with Crippen LogP contribution in [0.4, 0.5) is 23.1 Å². The Morgan fingerprint density at radius 3 is 2.39 bits per heavy atom. The minimum Gasteiger partial charge on any atom is -0.372 e. The van der Waals surface area contributed by atoms with Gasteiger partial charge in [0, 0.05) is 42.9 Å². The molecule has 0 saturated heterocycles. The van der Waals surface area contributed by atoms with Crippen LogP contribution < -0.4 is 15.5 Å². The van der Waals surface area contributed by atoms with Gasteiger partial charge in [-0.25, -0.2) is 9.97 Å². The van der Waals surface area contributed by atoms with Gasteiger partial charge in [-0.3, -0.25) is 4.79 Å². The maximum Gasteiger partial charge on any atom is 0.260 e. The highest BCUT2D eigenvalue weighted by Gasteiger charge is 2.11. The first-order valence-electron chi connectivity index (χ1n) is 9.19. The molecular weight excluding hydrogens is 356 g/mol. The number of aromatic nitrogens is 3. The van der Waals surface area contributed by atoms with Crippen LogP contribution in [0.15, 0.2) is 41.2 Å². The standard InChI is InChI=1S/C20H24N6O2/c1-5-26(6-2)16-7-8-17(13(3)9-16)23-20-21-11-15(12-22-20)19(27)24-18-10-14(4)28-25-18/h7-12H,5-6H2,1-4H3,(H,21,22,23)(H,24,25,27). The normalized spacial score (nSPS) is 10.6. The molecule has 28 heavy (non-hydrogen) atoms. The van der Waals surface area contributed by atoms with Crippen LogP contribution in [0.5, 0.6) is 0 Å². The van der Waals surface area contributed by atoms with Crippen molar-refractivity contribution in [2.24, 2.45) is 0 Å². The van der Waals surface area contributed by atoms with Crippen molar-refractivity contribution < 1.29 is 9.32 Å². The fraction of sp³-hybridized carbons (Fsp3) is 0.300. The van der Waals surface area contributed by atoms with Gasteiger partial charge in [-0.2, -0.15) is 0 Å². The fourth-order valence-corrected chi connectivity index (χ4v) is 2.82. The van der Waals surface area contributed by atoms with E-state index in [1.165, 1.54) is 18.1 Å². The number of amides is 1. The lowest BCUT2D eigenvalue weighted by molar-refractivity contribution is 0.102. The number of carbonyl (C=O) groups excluding carboxylic acids is 1. The third-order valence-corrected chi connectivity index (χ3v) is 4.37. The number of hydrogen-bond donors (Lipinski definition) is 2. The van der Waals surface area contributed by atoms with Crippen LogP contribution in [0.1, 0.15) is 35.5 Å². The maximum atomic E-state index is 12.2.